The van der Waals surface area contributed by atoms with Gasteiger partial charge in [0.05, 0.1) is 27.3 Å². The molecule has 0 aliphatic carbocycles. The highest BCUT2D eigenvalue weighted by Gasteiger charge is 2.16. The van der Waals surface area contributed by atoms with Crippen molar-refractivity contribution in [3.63, 3.8) is 0 Å². The Morgan fingerprint density at radius 1 is 1.12 bits per heavy atom. The van der Waals surface area contributed by atoms with Crippen LogP contribution in [0.25, 0.3) is 0 Å². The van der Waals surface area contributed by atoms with E-state index in [1.54, 1.807) is 0 Å². The highest BCUT2D eigenvalue weighted by Crippen LogP contribution is 2.21. The first kappa shape index (κ1) is 19.5. The minimum absolute atomic E-state index is 0.0265. The minimum Gasteiger partial charge on any atom is -0.744 e. The van der Waals surface area contributed by atoms with Crippen LogP contribution in [-0.4, -0.2) is 43.2 Å². The van der Waals surface area contributed by atoms with Crippen LogP contribution in [0, 0.1) is 0 Å². The van der Waals surface area contributed by atoms with E-state index in [2.05, 4.69) is 10.5 Å². The lowest BCUT2D eigenvalue weighted by molar-refractivity contribution is 0.0697. The largest absolute Gasteiger partial charge is 0.744 e. The Bertz CT molecular complexity index is 1090. The number of carbonyl (C=O) groups is 1. The van der Waals surface area contributed by atoms with Crippen LogP contribution in [0.2, 0.25) is 0 Å². The number of carboxylic acids is 1. The lowest BCUT2D eigenvalue weighted by Crippen LogP contribution is -2.07. The number of rotatable bonds is 6. The fraction of sp³-hybridized carbons (Fsp3) is 0. The van der Waals surface area contributed by atoms with Crippen molar-refractivity contribution in [2.75, 3.05) is 5.43 Å². The van der Waals surface area contributed by atoms with Gasteiger partial charge in [0.1, 0.15) is 10.1 Å². The number of carboxylic acid groups (broad SMARTS) is 1. The highest BCUT2D eigenvalue weighted by molar-refractivity contribution is 7.86. The molecule has 0 saturated carbocycles. The number of hydrazone groups is 1. The van der Waals surface area contributed by atoms with Crippen LogP contribution in [0.5, 0.6) is 0 Å². The third kappa shape index (κ3) is 4.64. The molecule has 0 amide bonds. The molecular weight excluding hydrogens is 388 g/mol. The Morgan fingerprint density at radius 3 is 2.35 bits per heavy atom. The van der Waals surface area contributed by atoms with Crippen LogP contribution in [-0.2, 0) is 20.2 Å². The van der Waals surface area contributed by atoms with Gasteiger partial charge in [0.25, 0.3) is 10.1 Å². The maximum atomic E-state index is 11.2. The predicted octanol–water partition coefficient (Wildman–Crippen LogP) is 0.982. The van der Waals surface area contributed by atoms with E-state index in [0.717, 1.165) is 30.5 Å². The van der Waals surface area contributed by atoms with Crippen molar-refractivity contribution < 1.29 is 35.8 Å². The van der Waals surface area contributed by atoms with Crippen LogP contribution in [0.1, 0.15) is 15.9 Å². The van der Waals surface area contributed by atoms with Crippen molar-refractivity contribution in [3.8, 4) is 0 Å². The molecular formula is C14H11N2O8S2-. The molecule has 138 valence electrons. The molecule has 0 aromatic heterocycles. The van der Waals surface area contributed by atoms with E-state index in [4.69, 9.17) is 9.66 Å². The Kier molecular flexibility index (Phi) is 5.41. The average Bonchev–Trinajstić information content (AvgIpc) is 2.53. The predicted molar refractivity (Wildman–Crippen MR) is 88.8 cm³/mol. The number of anilines is 1. The summed E-state index contributed by atoms with van der Waals surface area (Å²) < 4.78 is 64.6. The van der Waals surface area contributed by atoms with Crippen molar-refractivity contribution in [2.45, 2.75) is 9.79 Å². The highest BCUT2D eigenvalue weighted by atomic mass is 32.2. The van der Waals surface area contributed by atoms with Gasteiger partial charge in [-0.15, -0.1) is 0 Å². The van der Waals surface area contributed by atoms with E-state index in [0.29, 0.717) is 0 Å². The van der Waals surface area contributed by atoms with Crippen LogP contribution in [0.15, 0.2) is 57.4 Å². The molecule has 2 aromatic rings. The van der Waals surface area contributed by atoms with Gasteiger partial charge in [-0.1, -0.05) is 18.2 Å². The summed E-state index contributed by atoms with van der Waals surface area (Å²) in [5.74, 6) is -1.49. The third-order valence-corrected chi connectivity index (χ3v) is 4.86. The lowest BCUT2D eigenvalue weighted by atomic mass is 10.2. The number of hydrogen-bond donors (Lipinski definition) is 3. The summed E-state index contributed by atoms with van der Waals surface area (Å²) in [5.41, 5.74) is 1.67. The molecule has 0 atom stereocenters. The van der Waals surface area contributed by atoms with Crippen molar-refractivity contribution in [1.82, 2.24) is 0 Å². The molecule has 0 unspecified atom stereocenters. The van der Waals surface area contributed by atoms with E-state index in [-0.39, 0.29) is 11.3 Å². The first-order chi connectivity index (χ1) is 12.0. The molecule has 2 aromatic carbocycles. The van der Waals surface area contributed by atoms with E-state index in [1.165, 1.54) is 18.2 Å². The minimum atomic E-state index is -4.73. The monoisotopic (exact) mass is 399 g/mol. The van der Waals surface area contributed by atoms with Crippen LogP contribution in [0.4, 0.5) is 5.69 Å². The van der Waals surface area contributed by atoms with Crippen LogP contribution in [0.3, 0.4) is 0 Å². The Labute approximate surface area is 148 Å². The molecule has 10 nitrogen and oxygen atoms in total. The standard InChI is InChI=1S/C14H12N2O8S2/c17-14(18)11-7-10(25(19,20)21)5-6-12(11)16-15-8-9-3-1-2-4-13(9)26(22,23)24/h1-8,16H,(H,17,18)(H,19,20,21)(H,22,23,24)/p-1/b15-8+. The zero-order chi connectivity index (χ0) is 19.5. The molecule has 0 aliphatic rings. The maximum absolute atomic E-state index is 11.2. The fourth-order valence-corrected chi connectivity index (χ4v) is 3.11. The van der Waals surface area contributed by atoms with Crippen molar-refractivity contribution in [1.29, 1.82) is 0 Å². The second-order valence-electron chi connectivity index (χ2n) is 4.85. The maximum Gasteiger partial charge on any atom is 0.337 e. The zero-order valence-corrected chi connectivity index (χ0v) is 14.4. The Morgan fingerprint density at radius 2 is 1.77 bits per heavy atom. The van der Waals surface area contributed by atoms with Crippen molar-refractivity contribution in [2.24, 2.45) is 5.10 Å². The molecule has 0 aliphatic heterocycles. The van der Waals surface area contributed by atoms with Crippen LogP contribution >= 0.6 is 0 Å². The summed E-state index contributed by atoms with van der Waals surface area (Å²) in [4.78, 5) is 10.1. The quantitative estimate of drug-likeness (QED) is 0.363. The average molecular weight is 399 g/mol. The summed E-state index contributed by atoms with van der Waals surface area (Å²) in [6.45, 7) is 0. The number of benzene rings is 2. The molecule has 0 radical (unpaired) electrons. The summed E-state index contributed by atoms with van der Waals surface area (Å²) in [5, 5.41) is 12.8. The second-order valence-corrected chi connectivity index (χ2v) is 7.62. The van der Waals surface area contributed by atoms with Gasteiger partial charge in [-0.05, 0) is 24.3 Å². The molecule has 0 heterocycles. The van der Waals surface area contributed by atoms with Gasteiger partial charge in [-0.25, -0.2) is 13.2 Å². The molecule has 0 spiro atoms. The zero-order valence-electron chi connectivity index (χ0n) is 12.7. The van der Waals surface area contributed by atoms with Crippen molar-refractivity contribution in [3.05, 3.63) is 53.6 Å². The Hall–Kier alpha value is -2.80. The summed E-state index contributed by atoms with van der Waals surface area (Å²) in [6, 6.07) is 7.97. The molecule has 26 heavy (non-hydrogen) atoms. The van der Waals surface area contributed by atoms with Crippen molar-refractivity contribution >= 4 is 38.1 Å². The molecule has 12 heteroatoms. The third-order valence-electron chi connectivity index (χ3n) is 3.10. The van der Waals surface area contributed by atoms with Gasteiger partial charge in [0.2, 0.25) is 0 Å². The van der Waals surface area contributed by atoms with Gasteiger partial charge in [-0.2, -0.15) is 13.5 Å². The van der Waals surface area contributed by atoms with Gasteiger partial charge < -0.3 is 9.66 Å². The normalized spacial score (nSPS) is 12.2. The summed E-state index contributed by atoms with van der Waals surface area (Å²) >= 11 is 0. The van der Waals surface area contributed by atoms with Crippen LogP contribution < -0.4 is 5.43 Å². The molecule has 0 fully saturated rings. The van der Waals surface area contributed by atoms with E-state index >= 15 is 0 Å². The van der Waals surface area contributed by atoms with Gasteiger partial charge in [-0.3, -0.25) is 9.98 Å². The molecule has 0 saturated heterocycles. The summed E-state index contributed by atoms with van der Waals surface area (Å²) in [6.07, 6.45) is 0.993. The van der Waals surface area contributed by atoms with E-state index < -0.39 is 41.6 Å². The Balaban J connectivity index is 2.36. The van der Waals surface area contributed by atoms with Gasteiger partial charge >= 0.3 is 5.97 Å². The molecule has 3 N–H and O–H groups in total. The number of nitrogens with zero attached hydrogens (tertiary/aromatic N) is 1. The topological polar surface area (TPSA) is 173 Å². The number of hydrogen-bond acceptors (Lipinski definition) is 8. The van der Waals surface area contributed by atoms with E-state index in [1.807, 2.05) is 0 Å². The lowest BCUT2D eigenvalue weighted by Gasteiger charge is -2.10. The van der Waals surface area contributed by atoms with Gasteiger partial charge in [0.15, 0.2) is 0 Å². The molecule has 0 bridgehead atoms. The fourth-order valence-electron chi connectivity index (χ4n) is 1.94. The van der Waals surface area contributed by atoms with E-state index in [9.17, 15) is 26.2 Å². The first-order valence-corrected chi connectivity index (χ1v) is 9.54. The second kappa shape index (κ2) is 7.21. The number of nitrogens with one attached hydrogen (secondary N) is 1. The SMILES string of the molecule is O=C(O)c1cc(S(=O)(=O)O)ccc1N/N=C/c1ccccc1S(=O)(=O)[O-]. The smallest absolute Gasteiger partial charge is 0.337 e. The first-order valence-electron chi connectivity index (χ1n) is 6.69. The number of aromatic carboxylic acids is 1. The van der Waals surface area contributed by atoms with Gasteiger partial charge in [0, 0.05) is 5.56 Å². The summed E-state index contributed by atoms with van der Waals surface area (Å²) in [7, 11) is -9.32. The molecule has 2 rings (SSSR count).